The lowest BCUT2D eigenvalue weighted by Gasteiger charge is -2.12. The summed E-state index contributed by atoms with van der Waals surface area (Å²) in [6.07, 6.45) is -2.26. The zero-order valence-corrected chi connectivity index (χ0v) is 19.0. The molecule has 0 unspecified atom stereocenters. The van der Waals surface area contributed by atoms with Gasteiger partial charge in [0.05, 0.1) is 5.56 Å². The van der Waals surface area contributed by atoms with Crippen LogP contribution in [0.15, 0.2) is 97.2 Å². The van der Waals surface area contributed by atoms with Crippen molar-refractivity contribution in [1.82, 2.24) is 10.3 Å². The third-order valence-electron chi connectivity index (χ3n) is 5.50. The molecule has 0 fully saturated rings. The quantitative estimate of drug-likeness (QED) is 0.335. The van der Waals surface area contributed by atoms with Crippen LogP contribution in [0.25, 0.3) is 11.1 Å². The van der Waals surface area contributed by atoms with Gasteiger partial charge >= 0.3 is 6.18 Å². The Kier molecular flexibility index (Phi) is 7.44. The number of amides is 2. The number of pyridine rings is 1. The molecule has 8 heteroatoms. The van der Waals surface area contributed by atoms with Gasteiger partial charge < -0.3 is 10.6 Å². The van der Waals surface area contributed by atoms with Crippen molar-refractivity contribution < 1.29 is 22.8 Å². The molecule has 0 aliphatic carbocycles. The van der Waals surface area contributed by atoms with Gasteiger partial charge in [0, 0.05) is 24.0 Å². The zero-order chi connectivity index (χ0) is 25.5. The number of carbonyl (C=O) groups is 2. The Morgan fingerprint density at radius 1 is 0.778 bits per heavy atom. The van der Waals surface area contributed by atoms with Gasteiger partial charge in [-0.25, -0.2) is 0 Å². The van der Waals surface area contributed by atoms with Crippen LogP contribution < -0.4 is 10.6 Å². The number of benzene rings is 3. The predicted molar refractivity (Wildman–Crippen MR) is 132 cm³/mol. The van der Waals surface area contributed by atoms with Gasteiger partial charge in [0.1, 0.15) is 5.69 Å². The Balaban J connectivity index is 1.38. The number of aromatic nitrogens is 1. The second-order valence-electron chi connectivity index (χ2n) is 7.99. The summed E-state index contributed by atoms with van der Waals surface area (Å²) in [6.45, 7) is 0.432. The van der Waals surface area contributed by atoms with Crippen molar-refractivity contribution in [2.75, 3.05) is 11.9 Å². The highest BCUT2D eigenvalue weighted by molar-refractivity contribution is 6.08. The molecule has 2 N–H and O–H groups in total. The van der Waals surface area contributed by atoms with E-state index in [9.17, 15) is 22.8 Å². The summed E-state index contributed by atoms with van der Waals surface area (Å²) in [5.41, 5.74) is 2.54. The summed E-state index contributed by atoms with van der Waals surface area (Å²) in [4.78, 5) is 29.0. The van der Waals surface area contributed by atoms with Gasteiger partial charge in [-0.2, -0.15) is 13.2 Å². The molecule has 2 amide bonds. The third kappa shape index (κ3) is 6.15. The summed E-state index contributed by atoms with van der Waals surface area (Å²) in [5, 5.41) is 5.65. The minimum atomic E-state index is -4.42. The number of carbonyl (C=O) groups excluding carboxylic acids is 2. The fourth-order valence-electron chi connectivity index (χ4n) is 3.63. The highest BCUT2D eigenvalue weighted by Gasteiger charge is 2.30. The monoisotopic (exact) mass is 489 g/mol. The Labute approximate surface area is 206 Å². The van der Waals surface area contributed by atoms with Crippen LogP contribution in [0.5, 0.6) is 0 Å². The number of nitrogens with one attached hydrogen (secondary N) is 2. The van der Waals surface area contributed by atoms with Crippen molar-refractivity contribution in [3.8, 4) is 11.1 Å². The van der Waals surface area contributed by atoms with E-state index in [2.05, 4.69) is 15.6 Å². The van der Waals surface area contributed by atoms with Gasteiger partial charge in [-0.05, 0) is 65.6 Å². The average Bonchev–Trinajstić information content (AvgIpc) is 2.89. The average molecular weight is 489 g/mol. The number of hydrogen-bond donors (Lipinski definition) is 2. The molecule has 0 radical (unpaired) electrons. The first-order chi connectivity index (χ1) is 17.3. The van der Waals surface area contributed by atoms with E-state index in [1.54, 1.807) is 60.8 Å². The molecular weight excluding hydrogens is 467 g/mol. The molecule has 1 aromatic heterocycles. The lowest BCUT2D eigenvalue weighted by molar-refractivity contribution is -0.137. The van der Waals surface area contributed by atoms with Crippen molar-refractivity contribution in [3.63, 3.8) is 0 Å². The minimum absolute atomic E-state index is 0.244. The van der Waals surface area contributed by atoms with E-state index >= 15 is 0 Å². The zero-order valence-electron chi connectivity index (χ0n) is 19.0. The molecule has 0 saturated heterocycles. The van der Waals surface area contributed by atoms with E-state index in [0.29, 0.717) is 41.0 Å². The smallest absolute Gasteiger partial charge is 0.350 e. The second kappa shape index (κ2) is 10.9. The van der Waals surface area contributed by atoms with Gasteiger partial charge in [-0.15, -0.1) is 0 Å². The Hall–Kier alpha value is -4.46. The van der Waals surface area contributed by atoms with Crippen LogP contribution >= 0.6 is 0 Å². The maximum Gasteiger partial charge on any atom is 0.416 e. The van der Waals surface area contributed by atoms with Crippen LogP contribution in [0.1, 0.15) is 32.0 Å². The van der Waals surface area contributed by atoms with Gasteiger partial charge in [0.15, 0.2) is 0 Å². The normalized spacial score (nSPS) is 11.1. The predicted octanol–water partition coefficient (Wildman–Crippen LogP) is 5.99. The van der Waals surface area contributed by atoms with E-state index in [1.807, 2.05) is 12.1 Å². The molecule has 4 aromatic rings. The Bertz CT molecular complexity index is 1340. The van der Waals surface area contributed by atoms with Gasteiger partial charge in [0.2, 0.25) is 0 Å². The van der Waals surface area contributed by atoms with Crippen molar-refractivity contribution in [2.24, 2.45) is 0 Å². The first-order valence-electron chi connectivity index (χ1n) is 11.2. The van der Waals surface area contributed by atoms with E-state index in [4.69, 9.17) is 0 Å². The Morgan fingerprint density at radius 2 is 1.47 bits per heavy atom. The standard InChI is InChI=1S/C28H22F3N3O2/c29-28(30,31)21-12-10-20(11-13-21)23-5-1-2-6-24(23)26(35)34-22-14-8-19(9-15-22)16-18-33-27(36)25-7-3-4-17-32-25/h1-15,17H,16,18H2,(H,33,36)(H,34,35). The number of nitrogens with zero attached hydrogens (tertiary/aromatic N) is 1. The number of alkyl halides is 3. The van der Waals surface area contributed by atoms with Crippen molar-refractivity contribution in [2.45, 2.75) is 12.6 Å². The number of rotatable bonds is 7. The molecule has 4 rings (SSSR count). The highest BCUT2D eigenvalue weighted by Crippen LogP contribution is 2.32. The van der Waals surface area contributed by atoms with Crippen molar-refractivity contribution in [1.29, 1.82) is 0 Å². The molecule has 0 aliphatic heterocycles. The lowest BCUT2D eigenvalue weighted by atomic mass is 9.98. The van der Waals surface area contributed by atoms with Crippen molar-refractivity contribution in [3.05, 3.63) is 120 Å². The molecule has 0 saturated carbocycles. The lowest BCUT2D eigenvalue weighted by Crippen LogP contribution is -2.26. The van der Waals surface area contributed by atoms with E-state index in [-0.39, 0.29) is 11.8 Å². The fraction of sp³-hybridized carbons (Fsp3) is 0.107. The van der Waals surface area contributed by atoms with Crippen LogP contribution in [-0.2, 0) is 12.6 Å². The second-order valence-corrected chi connectivity index (χ2v) is 7.99. The van der Waals surface area contributed by atoms with Crippen LogP contribution in [0.3, 0.4) is 0 Å². The first kappa shape index (κ1) is 24.7. The van der Waals surface area contributed by atoms with E-state index < -0.39 is 11.7 Å². The van der Waals surface area contributed by atoms with Gasteiger partial charge in [0.25, 0.3) is 11.8 Å². The van der Waals surface area contributed by atoms with Crippen LogP contribution in [0.2, 0.25) is 0 Å². The molecule has 0 aliphatic rings. The molecule has 1 heterocycles. The first-order valence-corrected chi connectivity index (χ1v) is 11.2. The Morgan fingerprint density at radius 3 is 2.14 bits per heavy atom. The molecule has 3 aromatic carbocycles. The largest absolute Gasteiger partial charge is 0.416 e. The van der Waals surface area contributed by atoms with Gasteiger partial charge in [-0.3, -0.25) is 14.6 Å². The molecule has 0 atom stereocenters. The maximum atomic E-state index is 13.0. The van der Waals surface area contributed by atoms with Crippen LogP contribution in [-0.4, -0.2) is 23.3 Å². The molecular formula is C28H22F3N3O2. The molecule has 5 nitrogen and oxygen atoms in total. The molecule has 0 spiro atoms. The summed E-state index contributed by atoms with van der Waals surface area (Å²) in [7, 11) is 0. The highest BCUT2D eigenvalue weighted by atomic mass is 19.4. The number of hydrogen-bond acceptors (Lipinski definition) is 3. The molecule has 0 bridgehead atoms. The SMILES string of the molecule is O=C(NCCc1ccc(NC(=O)c2ccccc2-c2ccc(C(F)(F)F)cc2)cc1)c1ccccn1. The summed E-state index contributed by atoms with van der Waals surface area (Å²) < 4.78 is 38.7. The van der Waals surface area contributed by atoms with Crippen LogP contribution in [0.4, 0.5) is 18.9 Å². The van der Waals surface area contributed by atoms with E-state index in [1.165, 1.54) is 12.1 Å². The fourth-order valence-corrected chi connectivity index (χ4v) is 3.63. The van der Waals surface area contributed by atoms with E-state index in [0.717, 1.165) is 17.7 Å². The third-order valence-corrected chi connectivity index (χ3v) is 5.50. The maximum absolute atomic E-state index is 13.0. The van der Waals surface area contributed by atoms with Crippen LogP contribution in [0, 0.1) is 0 Å². The van der Waals surface area contributed by atoms with Gasteiger partial charge in [-0.1, -0.05) is 48.5 Å². The number of anilines is 1. The topological polar surface area (TPSA) is 71.1 Å². The minimum Gasteiger partial charge on any atom is -0.350 e. The molecule has 182 valence electrons. The summed E-state index contributed by atoms with van der Waals surface area (Å²) in [6, 6.07) is 23.8. The number of halogens is 3. The molecule has 36 heavy (non-hydrogen) atoms. The summed E-state index contributed by atoms with van der Waals surface area (Å²) >= 11 is 0. The van der Waals surface area contributed by atoms with Crippen molar-refractivity contribution >= 4 is 17.5 Å². The summed E-state index contributed by atoms with van der Waals surface area (Å²) in [5.74, 6) is -0.618.